The SMILES string of the molecule is CCC(O)(c1cc(Cc2ccc3c(-c4cccc(OC)c4)cc(=O)oc3c2)sn1)C(F)(F)F. The van der Waals surface area contributed by atoms with E-state index in [1.807, 2.05) is 30.3 Å². The second kappa shape index (κ2) is 8.64. The van der Waals surface area contributed by atoms with E-state index in [1.54, 1.807) is 19.2 Å². The lowest BCUT2D eigenvalue weighted by Gasteiger charge is -2.27. The first-order valence-corrected chi connectivity index (χ1v) is 10.9. The summed E-state index contributed by atoms with van der Waals surface area (Å²) in [6.07, 6.45) is -5.08. The highest BCUT2D eigenvalue weighted by Gasteiger charge is 2.55. The maximum atomic E-state index is 13.3. The summed E-state index contributed by atoms with van der Waals surface area (Å²) in [7, 11) is 1.56. The maximum Gasteiger partial charge on any atom is 0.423 e. The van der Waals surface area contributed by atoms with E-state index >= 15 is 0 Å². The Bertz CT molecular complexity index is 1360. The first-order chi connectivity index (χ1) is 15.6. The lowest BCUT2D eigenvalue weighted by molar-refractivity contribution is -0.269. The van der Waals surface area contributed by atoms with E-state index in [1.165, 1.54) is 19.1 Å². The van der Waals surface area contributed by atoms with Crippen molar-refractivity contribution in [3.8, 4) is 16.9 Å². The third kappa shape index (κ3) is 4.38. The Balaban J connectivity index is 1.69. The maximum absolute atomic E-state index is 13.3. The van der Waals surface area contributed by atoms with Crippen molar-refractivity contribution in [1.82, 2.24) is 4.37 Å². The fourth-order valence-corrected chi connectivity index (χ4v) is 4.48. The van der Waals surface area contributed by atoms with Gasteiger partial charge in [0.05, 0.1) is 12.8 Å². The predicted molar refractivity (Wildman–Crippen MR) is 120 cm³/mol. The van der Waals surface area contributed by atoms with Gasteiger partial charge in [-0.3, -0.25) is 0 Å². The fourth-order valence-electron chi connectivity index (χ4n) is 3.67. The van der Waals surface area contributed by atoms with Crippen molar-refractivity contribution < 1.29 is 27.4 Å². The Kier molecular flexibility index (Phi) is 6.02. The minimum Gasteiger partial charge on any atom is -0.497 e. The van der Waals surface area contributed by atoms with Gasteiger partial charge in [0.1, 0.15) is 11.3 Å². The van der Waals surface area contributed by atoms with E-state index < -0.39 is 29.5 Å². The number of hydrogen-bond acceptors (Lipinski definition) is 6. The first-order valence-electron chi connectivity index (χ1n) is 10.1. The van der Waals surface area contributed by atoms with Crippen LogP contribution in [0.15, 0.2) is 63.8 Å². The Morgan fingerprint density at radius 2 is 1.91 bits per heavy atom. The van der Waals surface area contributed by atoms with Gasteiger partial charge in [0, 0.05) is 22.8 Å². The van der Waals surface area contributed by atoms with Crippen LogP contribution >= 0.6 is 11.5 Å². The minimum absolute atomic E-state index is 0.276. The zero-order valence-electron chi connectivity index (χ0n) is 17.8. The Hall–Kier alpha value is -3.17. The monoisotopic (exact) mass is 475 g/mol. The molecule has 33 heavy (non-hydrogen) atoms. The second-order valence-corrected chi connectivity index (χ2v) is 8.50. The summed E-state index contributed by atoms with van der Waals surface area (Å²) in [4.78, 5) is 12.8. The zero-order chi connectivity index (χ0) is 23.8. The molecule has 1 atom stereocenters. The van der Waals surface area contributed by atoms with Gasteiger partial charge >= 0.3 is 11.8 Å². The van der Waals surface area contributed by atoms with E-state index in [-0.39, 0.29) is 6.42 Å². The Labute approximate surface area is 191 Å². The van der Waals surface area contributed by atoms with Crippen LogP contribution in [0.1, 0.15) is 29.5 Å². The normalized spacial score (nSPS) is 13.8. The molecule has 2 aromatic heterocycles. The van der Waals surface area contributed by atoms with Crippen molar-refractivity contribution in [3.63, 3.8) is 0 Å². The van der Waals surface area contributed by atoms with Crippen molar-refractivity contribution in [2.75, 3.05) is 7.11 Å². The van der Waals surface area contributed by atoms with E-state index in [4.69, 9.17) is 9.15 Å². The van der Waals surface area contributed by atoms with Crippen LogP contribution in [0.5, 0.6) is 5.75 Å². The van der Waals surface area contributed by atoms with E-state index in [0.29, 0.717) is 27.2 Å². The van der Waals surface area contributed by atoms with Crippen LogP contribution in [-0.4, -0.2) is 22.8 Å². The summed E-state index contributed by atoms with van der Waals surface area (Å²) < 4.78 is 54.5. The molecule has 1 unspecified atom stereocenters. The summed E-state index contributed by atoms with van der Waals surface area (Å²) in [5.41, 5.74) is -1.34. The molecule has 4 aromatic rings. The van der Waals surface area contributed by atoms with Crippen LogP contribution in [0.3, 0.4) is 0 Å². The van der Waals surface area contributed by atoms with Crippen LogP contribution in [-0.2, 0) is 12.0 Å². The predicted octanol–water partition coefficient (Wildman–Crippen LogP) is 5.68. The molecule has 4 rings (SSSR count). The molecule has 0 aliphatic rings. The molecule has 0 aliphatic heterocycles. The third-order valence-corrected chi connectivity index (χ3v) is 6.32. The number of benzene rings is 2. The molecule has 0 fully saturated rings. The number of aromatic nitrogens is 1. The van der Waals surface area contributed by atoms with E-state index in [9.17, 15) is 23.1 Å². The van der Waals surface area contributed by atoms with Gasteiger partial charge in [-0.1, -0.05) is 31.2 Å². The number of ether oxygens (including phenoxy) is 1. The lowest BCUT2D eigenvalue weighted by Crippen LogP contribution is -2.41. The smallest absolute Gasteiger partial charge is 0.423 e. The lowest BCUT2D eigenvalue weighted by atomic mass is 9.95. The van der Waals surface area contributed by atoms with E-state index in [0.717, 1.165) is 22.7 Å². The average molecular weight is 475 g/mol. The molecule has 0 bridgehead atoms. The van der Waals surface area contributed by atoms with Crippen LogP contribution in [0.25, 0.3) is 22.1 Å². The van der Waals surface area contributed by atoms with E-state index in [2.05, 4.69) is 4.37 Å². The van der Waals surface area contributed by atoms with Crippen LogP contribution in [0, 0.1) is 0 Å². The second-order valence-electron chi connectivity index (χ2n) is 7.61. The molecule has 0 amide bonds. The standard InChI is InChI=1S/C24H20F3NO4S/c1-3-23(30,24(25,26)27)21-12-17(33-28-21)9-14-7-8-18-19(13-22(29)32-20(18)10-14)15-5-4-6-16(11-15)31-2/h4-8,10-13,30H,3,9H2,1-2H3. The summed E-state index contributed by atoms with van der Waals surface area (Å²) >= 11 is 0.899. The quantitative estimate of drug-likeness (QED) is 0.364. The molecule has 2 aromatic carbocycles. The highest BCUT2D eigenvalue weighted by Crippen LogP contribution is 2.41. The molecule has 9 heteroatoms. The van der Waals surface area contributed by atoms with Crippen molar-refractivity contribution in [3.05, 3.63) is 81.2 Å². The van der Waals surface area contributed by atoms with Crippen molar-refractivity contribution in [2.45, 2.75) is 31.5 Å². The number of aliphatic hydroxyl groups is 1. The number of methoxy groups -OCH3 is 1. The van der Waals surface area contributed by atoms with Crippen molar-refractivity contribution >= 4 is 22.5 Å². The zero-order valence-corrected chi connectivity index (χ0v) is 18.6. The van der Waals surface area contributed by atoms with Crippen LogP contribution in [0.2, 0.25) is 0 Å². The number of alkyl halides is 3. The van der Waals surface area contributed by atoms with Crippen LogP contribution in [0.4, 0.5) is 13.2 Å². The average Bonchev–Trinajstić information content (AvgIpc) is 3.25. The van der Waals surface area contributed by atoms with Crippen molar-refractivity contribution in [1.29, 1.82) is 0 Å². The molecule has 5 nitrogen and oxygen atoms in total. The number of fused-ring (bicyclic) bond motifs is 1. The molecule has 0 saturated heterocycles. The van der Waals surface area contributed by atoms with Gasteiger partial charge in [-0.25, -0.2) is 4.79 Å². The fraction of sp³-hybridized carbons (Fsp3) is 0.250. The summed E-state index contributed by atoms with van der Waals surface area (Å²) in [6.45, 7) is 1.26. The number of nitrogens with zero attached hydrogens (tertiary/aromatic N) is 1. The molecule has 0 radical (unpaired) electrons. The largest absolute Gasteiger partial charge is 0.497 e. The Morgan fingerprint density at radius 3 is 2.61 bits per heavy atom. The van der Waals surface area contributed by atoms with Crippen LogP contribution < -0.4 is 10.4 Å². The third-order valence-electron chi connectivity index (χ3n) is 5.53. The van der Waals surface area contributed by atoms with Gasteiger partial charge in [-0.05, 0) is 58.9 Å². The molecule has 0 aliphatic carbocycles. The number of rotatable bonds is 6. The minimum atomic E-state index is -4.82. The Morgan fingerprint density at radius 1 is 1.12 bits per heavy atom. The summed E-state index contributed by atoms with van der Waals surface area (Å²) in [6, 6.07) is 15.3. The molecule has 2 heterocycles. The first kappa shape index (κ1) is 23.0. The number of hydrogen-bond donors (Lipinski definition) is 1. The van der Waals surface area contributed by atoms with Crippen molar-refractivity contribution in [2.24, 2.45) is 0 Å². The van der Waals surface area contributed by atoms with Gasteiger partial charge in [-0.2, -0.15) is 17.5 Å². The van der Waals surface area contributed by atoms with Gasteiger partial charge in [0.25, 0.3) is 0 Å². The highest BCUT2D eigenvalue weighted by atomic mass is 32.1. The van der Waals surface area contributed by atoms with Gasteiger partial charge in [-0.15, -0.1) is 0 Å². The van der Waals surface area contributed by atoms with Gasteiger partial charge in [0.2, 0.25) is 5.60 Å². The molecule has 1 N–H and O–H groups in total. The molecule has 0 spiro atoms. The molecular weight excluding hydrogens is 455 g/mol. The highest BCUT2D eigenvalue weighted by molar-refractivity contribution is 7.05. The topological polar surface area (TPSA) is 72.6 Å². The van der Waals surface area contributed by atoms with Gasteiger partial charge in [0.15, 0.2) is 0 Å². The number of halogens is 3. The molecular formula is C24H20F3NO4S. The van der Waals surface area contributed by atoms with Gasteiger partial charge < -0.3 is 14.3 Å². The molecule has 172 valence electrons. The molecule has 0 saturated carbocycles. The summed E-state index contributed by atoms with van der Waals surface area (Å²) in [5.74, 6) is 0.650. The summed E-state index contributed by atoms with van der Waals surface area (Å²) in [5, 5.41) is 10.8.